The van der Waals surface area contributed by atoms with E-state index in [1.165, 1.54) is 21.9 Å². The second kappa shape index (κ2) is 9.16. The van der Waals surface area contributed by atoms with Crippen LogP contribution in [0.2, 0.25) is 0 Å². The van der Waals surface area contributed by atoms with Gasteiger partial charge in [0.2, 0.25) is 5.91 Å². The number of hydrogen-bond acceptors (Lipinski definition) is 2. The lowest BCUT2D eigenvalue weighted by molar-refractivity contribution is -0.122. The second-order valence-electron chi connectivity index (χ2n) is 6.79. The summed E-state index contributed by atoms with van der Waals surface area (Å²) in [5.74, 6) is 0.0846. The Labute approximate surface area is 155 Å². The maximum atomic E-state index is 12.1. The fourth-order valence-corrected chi connectivity index (χ4v) is 3.17. The highest BCUT2D eigenvalue weighted by atomic mass is 16.2. The van der Waals surface area contributed by atoms with Crippen LogP contribution in [0.3, 0.4) is 0 Å². The van der Waals surface area contributed by atoms with Gasteiger partial charge in [-0.15, -0.1) is 0 Å². The van der Waals surface area contributed by atoms with Crippen LogP contribution in [-0.4, -0.2) is 30.9 Å². The van der Waals surface area contributed by atoms with Crippen LogP contribution in [0.15, 0.2) is 72.8 Å². The van der Waals surface area contributed by atoms with Crippen LogP contribution < -0.4 is 5.32 Å². The molecule has 0 saturated carbocycles. The summed E-state index contributed by atoms with van der Waals surface area (Å²) in [6.45, 7) is 1.90. The van der Waals surface area contributed by atoms with Crippen molar-refractivity contribution in [1.29, 1.82) is 0 Å². The largest absolute Gasteiger partial charge is 0.355 e. The topological polar surface area (TPSA) is 32.3 Å². The van der Waals surface area contributed by atoms with E-state index >= 15 is 0 Å². The van der Waals surface area contributed by atoms with Gasteiger partial charge >= 0.3 is 0 Å². The van der Waals surface area contributed by atoms with Crippen LogP contribution >= 0.6 is 0 Å². The molecule has 0 aliphatic carbocycles. The zero-order chi connectivity index (χ0) is 18.2. The van der Waals surface area contributed by atoms with Gasteiger partial charge in [0, 0.05) is 13.1 Å². The van der Waals surface area contributed by atoms with Crippen molar-refractivity contribution in [2.24, 2.45) is 0 Å². The Kier molecular flexibility index (Phi) is 6.39. The molecule has 3 nitrogen and oxygen atoms in total. The number of carbonyl (C=O) groups is 1. The first-order valence-electron chi connectivity index (χ1n) is 9.17. The molecule has 3 aromatic carbocycles. The Morgan fingerprint density at radius 1 is 0.885 bits per heavy atom. The Hall–Kier alpha value is -2.65. The number of nitrogens with one attached hydrogen (secondary N) is 1. The predicted octanol–water partition coefficient (Wildman–Crippen LogP) is 4.02. The molecule has 0 saturated heterocycles. The van der Waals surface area contributed by atoms with E-state index in [0.29, 0.717) is 6.54 Å². The maximum absolute atomic E-state index is 12.1. The van der Waals surface area contributed by atoms with Gasteiger partial charge in [0.15, 0.2) is 0 Å². The summed E-state index contributed by atoms with van der Waals surface area (Å²) in [4.78, 5) is 14.2. The number of likely N-dealkylation sites (N-methyl/N-ethyl adjacent to an activating group) is 1. The molecule has 0 fully saturated rings. The highest BCUT2D eigenvalue weighted by Crippen LogP contribution is 2.16. The summed E-state index contributed by atoms with van der Waals surface area (Å²) in [5, 5.41) is 5.50. The molecule has 0 heterocycles. The summed E-state index contributed by atoms with van der Waals surface area (Å²) in [6.07, 6.45) is 1.96. The highest BCUT2D eigenvalue weighted by molar-refractivity contribution is 5.83. The monoisotopic (exact) mass is 346 g/mol. The average molecular weight is 346 g/mol. The first kappa shape index (κ1) is 18.2. The standard InChI is InChI=1S/C23H26N2O/c1-25(17-20-13-14-21-11-5-6-12-22(21)16-20)18-23(26)24-15-7-10-19-8-3-2-4-9-19/h2-6,8-9,11-14,16H,7,10,15,17-18H2,1H3,(H,24,26). The molecule has 26 heavy (non-hydrogen) atoms. The third-order valence-corrected chi connectivity index (χ3v) is 4.49. The molecule has 3 aromatic rings. The summed E-state index contributed by atoms with van der Waals surface area (Å²) >= 11 is 0. The molecule has 1 amide bonds. The lowest BCUT2D eigenvalue weighted by atomic mass is 10.1. The molecule has 0 aliphatic heterocycles. The van der Waals surface area contributed by atoms with Crippen molar-refractivity contribution in [1.82, 2.24) is 10.2 Å². The molecule has 134 valence electrons. The van der Waals surface area contributed by atoms with Gasteiger partial charge < -0.3 is 5.32 Å². The van der Waals surface area contributed by atoms with Crippen LogP contribution in [-0.2, 0) is 17.8 Å². The molecule has 0 radical (unpaired) electrons. The predicted molar refractivity (Wildman–Crippen MR) is 108 cm³/mol. The van der Waals surface area contributed by atoms with Gasteiger partial charge in [-0.2, -0.15) is 0 Å². The third kappa shape index (κ3) is 5.43. The number of hydrogen-bond donors (Lipinski definition) is 1. The minimum atomic E-state index is 0.0846. The molecule has 0 aliphatic rings. The molecule has 0 spiro atoms. The molecule has 1 N–H and O–H groups in total. The van der Waals surface area contributed by atoms with Crippen molar-refractivity contribution in [2.75, 3.05) is 20.1 Å². The van der Waals surface area contributed by atoms with E-state index in [1.807, 2.05) is 13.1 Å². The normalized spacial score (nSPS) is 11.0. The van der Waals surface area contributed by atoms with Gasteiger partial charge in [-0.05, 0) is 47.9 Å². The zero-order valence-corrected chi connectivity index (χ0v) is 15.3. The van der Waals surface area contributed by atoms with Gasteiger partial charge in [0.25, 0.3) is 0 Å². The number of fused-ring (bicyclic) bond motifs is 1. The number of rotatable bonds is 8. The Morgan fingerprint density at radius 3 is 2.42 bits per heavy atom. The number of benzene rings is 3. The van der Waals surface area contributed by atoms with Crippen molar-refractivity contribution in [3.05, 3.63) is 83.9 Å². The number of nitrogens with zero attached hydrogens (tertiary/aromatic N) is 1. The van der Waals surface area contributed by atoms with E-state index in [0.717, 1.165) is 25.9 Å². The third-order valence-electron chi connectivity index (χ3n) is 4.49. The highest BCUT2D eigenvalue weighted by Gasteiger charge is 2.07. The minimum absolute atomic E-state index is 0.0846. The summed E-state index contributed by atoms with van der Waals surface area (Å²) in [5.41, 5.74) is 2.54. The average Bonchev–Trinajstić information content (AvgIpc) is 2.66. The summed E-state index contributed by atoms with van der Waals surface area (Å²) in [7, 11) is 1.98. The first-order valence-corrected chi connectivity index (χ1v) is 9.17. The van der Waals surface area contributed by atoms with E-state index in [4.69, 9.17) is 0 Å². The zero-order valence-electron chi connectivity index (χ0n) is 15.3. The van der Waals surface area contributed by atoms with Crippen LogP contribution in [0.4, 0.5) is 0 Å². The van der Waals surface area contributed by atoms with Crippen LogP contribution in [0.1, 0.15) is 17.5 Å². The molecule has 0 aromatic heterocycles. The molecule has 0 bridgehead atoms. The van der Waals surface area contributed by atoms with Crippen molar-refractivity contribution < 1.29 is 4.79 Å². The van der Waals surface area contributed by atoms with Crippen LogP contribution in [0, 0.1) is 0 Å². The van der Waals surface area contributed by atoms with Crippen molar-refractivity contribution in [3.63, 3.8) is 0 Å². The first-order chi connectivity index (χ1) is 12.7. The van der Waals surface area contributed by atoms with Gasteiger partial charge in [-0.3, -0.25) is 9.69 Å². The van der Waals surface area contributed by atoms with Gasteiger partial charge in [0.05, 0.1) is 6.54 Å². The van der Waals surface area contributed by atoms with Gasteiger partial charge in [-0.1, -0.05) is 66.7 Å². The second-order valence-corrected chi connectivity index (χ2v) is 6.79. The Balaban J connectivity index is 1.40. The molecular weight excluding hydrogens is 320 g/mol. The summed E-state index contributed by atoms with van der Waals surface area (Å²) < 4.78 is 0. The maximum Gasteiger partial charge on any atom is 0.234 e. The number of amides is 1. The Bertz CT molecular complexity index is 845. The lowest BCUT2D eigenvalue weighted by Gasteiger charge is -2.17. The van der Waals surface area contributed by atoms with Crippen LogP contribution in [0.5, 0.6) is 0 Å². The SMILES string of the molecule is CN(CC(=O)NCCCc1ccccc1)Cc1ccc2ccccc2c1. The number of aryl methyl sites for hydroxylation is 1. The van der Waals surface area contributed by atoms with E-state index in [2.05, 4.69) is 76.9 Å². The summed E-state index contributed by atoms with van der Waals surface area (Å²) in [6, 6.07) is 25.2. The van der Waals surface area contributed by atoms with E-state index in [1.54, 1.807) is 0 Å². The van der Waals surface area contributed by atoms with Crippen molar-refractivity contribution in [2.45, 2.75) is 19.4 Å². The van der Waals surface area contributed by atoms with Gasteiger partial charge in [-0.25, -0.2) is 0 Å². The van der Waals surface area contributed by atoms with Crippen molar-refractivity contribution in [3.8, 4) is 0 Å². The van der Waals surface area contributed by atoms with E-state index in [9.17, 15) is 4.79 Å². The van der Waals surface area contributed by atoms with Gasteiger partial charge in [0.1, 0.15) is 0 Å². The van der Waals surface area contributed by atoms with E-state index in [-0.39, 0.29) is 5.91 Å². The van der Waals surface area contributed by atoms with Crippen LogP contribution in [0.25, 0.3) is 10.8 Å². The Morgan fingerprint density at radius 2 is 1.62 bits per heavy atom. The quantitative estimate of drug-likeness (QED) is 0.625. The smallest absolute Gasteiger partial charge is 0.234 e. The molecule has 0 atom stereocenters. The molecule has 3 rings (SSSR count). The number of carbonyl (C=O) groups excluding carboxylic acids is 1. The minimum Gasteiger partial charge on any atom is -0.355 e. The van der Waals surface area contributed by atoms with Crippen molar-refractivity contribution >= 4 is 16.7 Å². The molecule has 0 unspecified atom stereocenters. The fraction of sp³-hybridized carbons (Fsp3) is 0.261. The molecule has 3 heteroatoms. The molecular formula is C23H26N2O. The fourth-order valence-electron chi connectivity index (χ4n) is 3.17. The lowest BCUT2D eigenvalue weighted by Crippen LogP contribution is -2.35. The van der Waals surface area contributed by atoms with E-state index < -0.39 is 0 Å².